The van der Waals surface area contributed by atoms with Crippen LogP contribution in [0.15, 0.2) is 36.4 Å². The minimum atomic E-state index is -0.506. The molecule has 2 aromatic carbocycles. The van der Waals surface area contributed by atoms with Crippen LogP contribution in [-0.4, -0.2) is 13.2 Å². The molecular formula is C15H12F2N2. The molecule has 4 heteroatoms. The second-order valence-electron chi connectivity index (χ2n) is 5.05. The monoisotopic (exact) mass is 258 g/mol. The molecule has 2 aliphatic heterocycles. The molecule has 2 aliphatic rings. The van der Waals surface area contributed by atoms with Crippen molar-refractivity contribution in [1.82, 2.24) is 0 Å². The van der Waals surface area contributed by atoms with Crippen molar-refractivity contribution < 1.29 is 8.78 Å². The van der Waals surface area contributed by atoms with Crippen molar-refractivity contribution in [1.29, 1.82) is 0 Å². The van der Waals surface area contributed by atoms with Gasteiger partial charge in [-0.25, -0.2) is 8.78 Å². The van der Waals surface area contributed by atoms with E-state index < -0.39 is 11.6 Å². The summed E-state index contributed by atoms with van der Waals surface area (Å²) in [6, 6.07) is 10.3. The van der Waals surface area contributed by atoms with Gasteiger partial charge in [-0.2, -0.15) is 0 Å². The van der Waals surface area contributed by atoms with Crippen molar-refractivity contribution in [3.05, 3.63) is 53.6 Å². The van der Waals surface area contributed by atoms with Crippen LogP contribution in [0.5, 0.6) is 0 Å². The van der Waals surface area contributed by atoms with E-state index in [2.05, 4.69) is 4.90 Å². The Labute approximate surface area is 109 Å². The van der Waals surface area contributed by atoms with Gasteiger partial charge in [-0.1, -0.05) is 12.1 Å². The van der Waals surface area contributed by atoms with Crippen LogP contribution in [0.1, 0.15) is 5.56 Å². The molecule has 0 saturated carbocycles. The molecule has 0 fully saturated rings. The lowest BCUT2D eigenvalue weighted by Gasteiger charge is -2.23. The van der Waals surface area contributed by atoms with Crippen molar-refractivity contribution >= 4 is 17.1 Å². The molecular weight excluding hydrogens is 246 g/mol. The van der Waals surface area contributed by atoms with Gasteiger partial charge >= 0.3 is 0 Å². The zero-order valence-electron chi connectivity index (χ0n) is 10.4. The van der Waals surface area contributed by atoms with E-state index in [0.29, 0.717) is 12.1 Å². The lowest BCUT2D eigenvalue weighted by Crippen LogP contribution is -2.36. The molecule has 19 heavy (non-hydrogen) atoms. The number of nitrogens with zero attached hydrogens (tertiary/aromatic N) is 2. The molecule has 2 nitrogen and oxygen atoms in total. The van der Waals surface area contributed by atoms with Crippen LogP contribution < -0.4 is 9.80 Å². The van der Waals surface area contributed by atoms with Crippen LogP contribution in [0, 0.1) is 11.6 Å². The quantitative estimate of drug-likeness (QED) is 0.714. The highest BCUT2D eigenvalue weighted by atomic mass is 19.1. The lowest BCUT2D eigenvalue weighted by molar-refractivity contribution is 0.583. The van der Waals surface area contributed by atoms with E-state index in [9.17, 15) is 8.78 Å². The van der Waals surface area contributed by atoms with Gasteiger partial charge in [0.05, 0.1) is 17.1 Å². The minimum Gasteiger partial charge on any atom is -0.352 e. The summed E-state index contributed by atoms with van der Waals surface area (Å²) in [6.07, 6.45) is 0.679. The molecule has 0 bridgehead atoms. The van der Waals surface area contributed by atoms with Crippen molar-refractivity contribution in [2.75, 3.05) is 16.8 Å². The van der Waals surface area contributed by atoms with Crippen molar-refractivity contribution in [2.24, 2.45) is 0 Å². The van der Waals surface area contributed by atoms with Gasteiger partial charge in [0.15, 0.2) is 0 Å². The number of anilines is 3. The van der Waals surface area contributed by atoms with Crippen LogP contribution in [0.4, 0.5) is 25.8 Å². The van der Waals surface area contributed by atoms with Crippen LogP contribution >= 0.6 is 0 Å². The van der Waals surface area contributed by atoms with Gasteiger partial charge in [0.1, 0.15) is 17.8 Å². The Bertz CT molecular complexity index is 684. The maximum absolute atomic E-state index is 14.1. The summed E-state index contributed by atoms with van der Waals surface area (Å²) in [7, 11) is 1.99. The van der Waals surface area contributed by atoms with E-state index >= 15 is 0 Å². The Hall–Kier alpha value is -2.10. The molecule has 2 heterocycles. The summed E-state index contributed by atoms with van der Waals surface area (Å²) in [5, 5.41) is 0. The Kier molecular flexibility index (Phi) is 1.97. The SMILES string of the molecule is CN1c2ccccc2N2c3c(F)cc(F)cc3CC12. The summed E-state index contributed by atoms with van der Waals surface area (Å²) in [4.78, 5) is 4.09. The van der Waals surface area contributed by atoms with Gasteiger partial charge in [0.25, 0.3) is 0 Å². The zero-order valence-corrected chi connectivity index (χ0v) is 10.4. The van der Waals surface area contributed by atoms with Crippen molar-refractivity contribution in [3.63, 3.8) is 0 Å². The van der Waals surface area contributed by atoms with Gasteiger partial charge in [0.2, 0.25) is 0 Å². The molecule has 0 N–H and O–H groups in total. The molecule has 1 atom stereocenters. The number of hydrogen-bond acceptors (Lipinski definition) is 2. The van der Waals surface area contributed by atoms with Crippen LogP contribution in [-0.2, 0) is 6.42 Å². The summed E-state index contributed by atoms with van der Waals surface area (Å²) in [6.45, 7) is 0. The average molecular weight is 258 g/mol. The molecule has 0 spiro atoms. The topological polar surface area (TPSA) is 6.48 Å². The number of para-hydroxylation sites is 2. The van der Waals surface area contributed by atoms with E-state index in [4.69, 9.17) is 0 Å². The molecule has 0 radical (unpaired) electrons. The highest BCUT2D eigenvalue weighted by molar-refractivity contribution is 5.86. The van der Waals surface area contributed by atoms with Crippen LogP contribution in [0.2, 0.25) is 0 Å². The van der Waals surface area contributed by atoms with Gasteiger partial charge in [-0.15, -0.1) is 0 Å². The Morgan fingerprint density at radius 1 is 1.11 bits per heavy atom. The second-order valence-corrected chi connectivity index (χ2v) is 5.05. The first kappa shape index (κ1) is 10.8. The maximum Gasteiger partial charge on any atom is 0.150 e. The number of hydrogen-bond donors (Lipinski definition) is 0. The molecule has 2 aromatic rings. The van der Waals surface area contributed by atoms with Gasteiger partial charge in [-0.3, -0.25) is 0 Å². The molecule has 96 valence electrons. The summed E-state index contributed by atoms with van der Waals surface area (Å²) in [5.74, 6) is -0.990. The summed E-state index contributed by atoms with van der Waals surface area (Å²) in [5.41, 5.74) is 3.33. The largest absolute Gasteiger partial charge is 0.352 e. The second kappa shape index (κ2) is 3.47. The van der Waals surface area contributed by atoms with Crippen molar-refractivity contribution in [3.8, 4) is 0 Å². The Morgan fingerprint density at radius 3 is 2.63 bits per heavy atom. The van der Waals surface area contributed by atoms with Crippen molar-refractivity contribution in [2.45, 2.75) is 12.6 Å². The Balaban J connectivity index is 1.96. The van der Waals surface area contributed by atoms with E-state index in [1.54, 1.807) is 0 Å². The predicted octanol–water partition coefficient (Wildman–Crippen LogP) is 3.43. The highest BCUT2D eigenvalue weighted by Gasteiger charge is 2.42. The Morgan fingerprint density at radius 2 is 1.84 bits per heavy atom. The average Bonchev–Trinajstić information content (AvgIpc) is 2.87. The smallest absolute Gasteiger partial charge is 0.150 e. The first-order chi connectivity index (χ1) is 9.16. The zero-order chi connectivity index (χ0) is 13.1. The molecule has 1 unspecified atom stereocenters. The molecule has 0 saturated heterocycles. The standard InChI is InChI=1S/C15H12F2N2/c1-18-12-4-2-3-5-13(12)19-14(18)7-9-6-10(16)8-11(17)15(9)19/h2-6,8,14H,7H2,1H3. The fraction of sp³-hybridized carbons (Fsp3) is 0.200. The number of rotatable bonds is 0. The third-order valence-corrected chi connectivity index (χ3v) is 4.02. The summed E-state index contributed by atoms with van der Waals surface area (Å²) >= 11 is 0. The minimum absolute atomic E-state index is 0.0451. The van der Waals surface area contributed by atoms with E-state index in [1.165, 1.54) is 6.07 Å². The number of fused-ring (bicyclic) bond motifs is 5. The van der Waals surface area contributed by atoms with Gasteiger partial charge in [-0.05, 0) is 23.8 Å². The third kappa shape index (κ3) is 1.28. The lowest BCUT2D eigenvalue weighted by atomic mass is 10.1. The molecule has 0 aromatic heterocycles. The molecule has 0 amide bonds. The first-order valence-electron chi connectivity index (χ1n) is 6.26. The van der Waals surface area contributed by atoms with Crippen LogP contribution in [0.25, 0.3) is 0 Å². The van der Waals surface area contributed by atoms with Crippen LogP contribution in [0.3, 0.4) is 0 Å². The number of likely N-dealkylation sites (N-methyl/N-ethyl adjacent to an activating group) is 1. The van der Waals surface area contributed by atoms with Gasteiger partial charge in [0, 0.05) is 19.5 Å². The third-order valence-electron chi connectivity index (χ3n) is 4.02. The molecule has 4 rings (SSSR count). The fourth-order valence-electron chi connectivity index (χ4n) is 3.20. The van der Waals surface area contributed by atoms with E-state index in [1.807, 2.05) is 36.2 Å². The normalized spacial score (nSPS) is 19.4. The first-order valence-corrected chi connectivity index (χ1v) is 6.26. The van der Waals surface area contributed by atoms with E-state index in [0.717, 1.165) is 23.0 Å². The summed E-state index contributed by atoms with van der Waals surface area (Å²) < 4.78 is 27.4. The predicted molar refractivity (Wildman–Crippen MR) is 70.8 cm³/mol. The number of halogens is 2. The maximum atomic E-state index is 14.1. The highest BCUT2D eigenvalue weighted by Crippen LogP contribution is 2.50. The van der Waals surface area contributed by atoms with E-state index in [-0.39, 0.29) is 6.17 Å². The molecule has 0 aliphatic carbocycles. The van der Waals surface area contributed by atoms with Gasteiger partial charge < -0.3 is 9.80 Å². The fourth-order valence-corrected chi connectivity index (χ4v) is 3.20. The number of benzene rings is 2.